The van der Waals surface area contributed by atoms with Crippen LogP contribution in [0.1, 0.15) is 133 Å². The summed E-state index contributed by atoms with van der Waals surface area (Å²) in [5.74, 6) is 1.12. The van der Waals surface area contributed by atoms with E-state index >= 15 is 0 Å². The molecule has 2 unspecified atom stereocenters. The molecule has 1 radical (unpaired) electrons. The largest absolute Gasteiger partial charge is 0.466 e. The zero-order valence-corrected chi connectivity index (χ0v) is 24.5. The van der Waals surface area contributed by atoms with Crippen LogP contribution in [0.2, 0.25) is 0 Å². The molecule has 0 amide bonds. The monoisotopic (exact) mass is 497 g/mol. The maximum Gasteiger partial charge on any atom is 0.308 e. The highest BCUT2D eigenvalue weighted by Crippen LogP contribution is 2.20. The average molecular weight is 498 g/mol. The maximum absolute atomic E-state index is 12.3. The lowest BCUT2D eigenvalue weighted by molar-refractivity contribution is -0.156. The van der Waals surface area contributed by atoms with Crippen LogP contribution in [0, 0.1) is 5.92 Å². The molecule has 0 rings (SSSR count). The highest BCUT2D eigenvalue weighted by Gasteiger charge is 2.29. The smallest absolute Gasteiger partial charge is 0.308 e. The maximum atomic E-state index is 12.3. The van der Waals surface area contributed by atoms with E-state index in [9.17, 15) is 9.59 Å². The molecule has 2 atom stereocenters. The topological polar surface area (TPSA) is 76.7 Å². The fourth-order valence-corrected chi connectivity index (χ4v) is 4.03. The molecule has 0 aliphatic rings. The van der Waals surface area contributed by atoms with E-state index in [0.717, 1.165) is 64.3 Å². The lowest BCUT2D eigenvalue weighted by Gasteiger charge is -2.34. The molecule has 35 heavy (non-hydrogen) atoms. The summed E-state index contributed by atoms with van der Waals surface area (Å²) in [4.78, 5) is 24.0. The standard InChI is InChI=1S/C29H57N2O4/c1-10-11-15-21-34-26(32)19-13-12-14-20-30-24(4)17-16-18-25(23(2)3)31-29(8,9)22-27(33)35-28(5,6)7/h24-25,30-31H,10-22H2,1-9H3. The van der Waals surface area contributed by atoms with Crippen molar-refractivity contribution in [3.05, 3.63) is 5.92 Å². The number of nitrogens with one attached hydrogen (secondary N) is 2. The molecule has 0 aromatic carbocycles. The molecule has 0 saturated heterocycles. The van der Waals surface area contributed by atoms with Crippen molar-refractivity contribution in [3.63, 3.8) is 0 Å². The van der Waals surface area contributed by atoms with E-state index in [2.05, 4.69) is 52.2 Å². The summed E-state index contributed by atoms with van der Waals surface area (Å²) in [7, 11) is 0. The van der Waals surface area contributed by atoms with Crippen LogP contribution < -0.4 is 10.6 Å². The van der Waals surface area contributed by atoms with Gasteiger partial charge in [-0.05, 0) is 86.1 Å². The molecule has 6 heteroatoms. The van der Waals surface area contributed by atoms with Crippen LogP contribution in [-0.2, 0) is 19.1 Å². The van der Waals surface area contributed by atoms with Crippen LogP contribution in [-0.4, -0.2) is 48.3 Å². The second kappa shape index (κ2) is 18.2. The number of hydrogen-bond acceptors (Lipinski definition) is 6. The number of esters is 2. The fraction of sp³-hybridized carbons (Fsp3) is 0.897. The van der Waals surface area contributed by atoms with Gasteiger partial charge in [0.1, 0.15) is 5.60 Å². The van der Waals surface area contributed by atoms with Gasteiger partial charge in [-0.3, -0.25) is 9.59 Å². The number of unbranched alkanes of at least 4 members (excludes halogenated alkanes) is 4. The van der Waals surface area contributed by atoms with Crippen LogP contribution >= 0.6 is 0 Å². The predicted octanol–water partition coefficient (Wildman–Crippen LogP) is 6.51. The average Bonchev–Trinajstić information content (AvgIpc) is 2.70. The van der Waals surface area contributed by atoms with Crippen molar-refractivity contribution in [2.75, 3.05) is 13.2 Å². The molecule has 0 fully saturated rings. The van der Waals surface area contributed by atoms with Gasteiger partial charge in [-0.15, -0.1) is 0 Å². The molecule has 0 heterocycles. The van der Waals surface area contributed by atoms with Crippen molar-refractivity contribution in [1.29, 1.82) is 0 Å². The molecular weight excluding hydrogens is 440 g/mol. The van der Waals surface area contributed by atoms with Crippen LogP contribution in [0.25, 0.3) is 0 Å². The highest BCUT2D eigenvalue weighted by atomic mass is 16.6. The Bertz CT molecular complexity index is 570. The quantitative estimate of drug-likeness (QED) is 0.147. The van der Waals surface area contributed by atoms with Gasteiger partial charge < -0.3 is 20.1 Å². The summed E-state index contributed by atoms with van der Waals surface area (Å²) < 4.78 is 10.8. The summed E-state index contributed by atoms with van der Waals surface area (Å²) in [5, 5.41) is 7.29. The minimum absolute atomic E-state index is 0.0529. The van der Waals surface area contributed by atoms with E-state index in [4.69, 9.17) is 9.47 Å². The van der Waals surface area contributed by atoms with Crippen molar-refractivity contribution in [2.24, 2.45) is 0 Å². The van der Waals surface area contributed by atoms with Gasteiger partial charge in [0.2, 0.25) is 0 Å². The molecule has 0 aliphatic heterocycles. The lowest BCUT2D eigenvalue weighted by Crippen LogP contribution is -2.49. The summed E-state index contributed by atoms with van der Waals surface area (Å²) in [6.45, 7) is 20.1. The first-order chi connectivity index (χ1) is 16.3. The van der Waals surface area contributed by atoms with Crippen LogP contribution in [0.4, 0.5) is 0 Å². The predicted molar refractivity (Wildman–Crippen MR) is 146 cm³/mol. The van der Waals surface area contributed by atoms with E-state index in [1.54, 1.807) is 0 Å². The molecule has 0 bridgehead atoms. The summed E-state index contributed by atoms with van der Waals surface area (Å²) in [5.41, 5.74) is -0.779. The molecule has 0 aliphatic carbocycles. The van der Waals surface area contributed by atoms with E-state index in [1.165, 1.54) is 5.92 Å². The first-order valence-electron chi connectivity index (χ1n) is 13.9. The second-order valence-corrected chi connectivity index (χ2v) is 11.9. The van der Waals surface area contributed by atoms with Crippen molar-refractivity contribution < 1.29 is 19.1 Å². The number of rotatable bonds is 20. The van der Waals surface area contributed by atoms with Gasteiger partial charge in [-0.2, -0.15) is 0 Å². The van der Waals surface area contributed by atoms with Crippen molar-refractivity contribution in [2.45, 2.75) is 156 Å². The zero-order valence-electron chi connectivity index (χ0n) is 24.5. The SMILES string of the molecule is CCCCCOC(=O)CCCCCNC(C)CCCC(NC(C)(C)CC(=O)OC(C)(C)C)[C](C)C. The number of hydrogen-bond donors (Lipinski definition) is 2. The molecule has 207 valence electrons. The van der Waals surface area contributed by atoms with Gasteiger partial charge in [0.05, 0.1) is 13.0 Å². The number of carbonyl (C=O) groups excluding carboxylic acids is 2. The molecule has 6 nitrogen and oxygen atoms in total. The minimum Gasteiger partial charge on any atom is -0.466 e. The van der Waals surface area contributed by atoms with E-state index in [0.29, 0.717) is 25.5 Å². The Morgan fingerprint density at radius 3 is 2.14 bits per heavy atom. The Kier molecular flexibility index (Phi) is 17.6. The van der Waals surface area contributed by atoms with Crippen molar-refractivity contribution >= 4 is 11.9 Å². The van der Waals surface area contributed by atoms with Crippen LogP contribution in [0.3, 0.4) is 0 Å². The van der Waals surface area contributed by atoms with E-state index in [1.807, 2.05) is 20.8 Å². The Morgan fingerprint density at radius 2 is 1.54 bits per heavy atom. The van der Waals surface area contributed by atoms with Gasteiger partial charge in [0.15, 0.2) is 0 Å². The second-order valence-electron chi connectivity index (χ2n) is 11.9. The third-order valence-corrected chi connectivity index (χ3v) is 5.96. The molecule has 0 aromatic rings. The van der Waals surface area contributed by atoms with Crippen LogP contribution in [0.15, 0.2) is 0 Å². The Labute approximate surface area is 217 Å². The fourth-order valence-electron chi connectivity index (χ4n) is 4.03. The first-order valence-corrected chi connectivity index (χ1v) is 13.9. The molecule has 0 spiro atoms. The van der Waals surface area contributed by atoms with Gasteiger partial charge >= 0.3 is 11.9 Å². The van der Waals surface area contributed by atoms with E-state index in [-0.39, 0.29) is 23.5 Å². The van der Waals surface area contributed by atoms with Crippen LogP contribution in [0.5, 0.6) is 0 Å². The first kappa shape index (κ1) is 33.9. The molecule has 0 aromatic heterocycles. The summed E-state index contributed by atoms with van der Waals surface area (Å²) in [6, 6.07) is 0.743. The zero-order chi connectivity index (χ0) is 26.9. The van der Waals surface area contributed by atoms with Gasteiger partial charge in [-0.25, -0.2) is 0 Å². The lowest BCUT2D eigenvalue weighted by atomic mass is 9.92. The summed E-state index contributed by atoms with van der Waals surface area (Å²) >= 11 is 0. The van der Waals surface area contributed by atoms with Gasteiger partial charge in [0.25, 0.3) is 0 Å². The van der Waals surface area contributed by atoms with Crippen molar-refractivity contribution in [1.82, 2.24) is 10.6 Å². The Morgan fingerprint density at radius 1 is 0.857 bits per heavy atom. The molecule has 2 N–H and O–H groups in total. The van der Waals surface area contributed by atoms with Gasteiger partial charge in [0, 0.05) is 24.0 Å². The third-order valence-electron chi connectivity index (χ3n) is 5.96. The molecular formula is C29H57N2O4. The number of carbonyl (C=O) groups is 2. The minimum atomic E-state index is -0.456. The number of ether oxygens (including phenoxy) is 2. The van der Waals surface area contributed by atoms with Gasteiger partial charge in [-0.1, -0.05) is 46.5 Å². The van der Waals surface area contributed by atoms with Crippen molar-refractivity contribution in [3.8, 4) is 0 Å². The Balaban J connectivity index is 4.08. The molecule has 0 saturated carbocycles. The van der Waals surface area contributed by atoms with E-state index < -0.39 is 5.60 Å². The normalized spacial score (nSPS) is 14.1. The summed E-state index contributed by atoms with van der Waals surface area (Å²) in [6.07, 6.45) is 10.4. The highest BCUT2D eigenvalue weighted by molar-refractivity contribution is 5.71. The third kappa shape index (κ3) is 20.7. The Hall–Kier alpha value is -1.14.